The maximum atomic E-state index is 13.4. The molecule has 4 rings (SSSR count). The number of aryl methyl sites for hydroxylation is 1. The van der Waals surface area contributed by atoms with Crippen LogP contribution in [0.1, 0.15) is 27.4 Å². The maximum absolute atomic E-state index is 13.4. The molecular weight excluding hydrogens is 455 g/mol. The van der Waals surface area contributed by atoms with Crippen LogP contribution in [-0.4, -0.2) is 40.2 Å². The first kappa shape index (κ1) is 22.1. The lowest BCUT2D eigenvalue weighted by Gasteiger charge is -2.04. The van der Waals surface area contributed by atoms with Gasteiger partial charge in [-0.05, 0) is 37.6 Å². The minimum absolute atomic E-state index is 0.0522. The van der Waals surface area contributed by atoms with Crippen LogP contribution in [-0.2, 0) is 13.2 Å². The zero-order valence-corrected chi connectivity index (χ0v) is 18.3. The molecule has 3 aromatic heterocycles. The zero-order chi connectivity index (χ0) is 23.7. The number of aromatic nitrogens is 6. The number of nitrogens with one attached hydrogen (secondary N) is 1. The van der Waals surface area contributed by atoms with Gasteiger partial charge in [0.1, 0.15) is 28.9 Å². The van der Waals surface area contributed by atoms with Gasteiger partial charge >= 0.3 is 5.69 Å². The fraction of sp³-hybridized carbons (Fsp3) is 0.200. The van der Waals surface area contributed by atoms with E-state index in [2.05, 4.69) is 20.6 Å². The molecule has 0 unspecified atom stereocenters. The molecular formula is C20H18ClFN8O3. The van der Waals surface area contributed by atoms with Gasteiger partial charge in [0.15, 0.2) is 11.5 Å². The smallest absolute Gasteiger partial charge is 0.302 e. The Morgan fingerprint density at radius 1 is 1.21 bits per heavy atom. The number of carbonyl (C=O) groups is 1. The summed E-state index contributed by atoms with van der Waals surface area (Å²) < 4.78 is 17.7. The number of carbonyl (C=O) groups excluding carboxylic acids is 1. The first-order valence-electron chi connectivity index (χ1n) is 9.72. The van der Waals surface area contributed by atoms with Crippen LogP contribution in [0.4, 0.5) is 15.9 Å². The lowest BCUT2D eigenvalue weighted by atomic mass is 10.2. The topological polar surface area (TPSA) is 126 Å². The molecule has 1 amide bonds. The molecule has 33 heavy (non-hydrogen) atoms. The van der Waals surface area contributed by atoms with Crippen molar-refractivity contribution in [3.63, 3.8) is 0 Å². The van der Waals surface area contributed by atoms with Crippen molar-refractivity contribution in [3.05, 3.63) is 86.3 Å². The van der Waals surface area contributed by atoms with Gasteiger partial charge in [-0.3, -0.25) is 24.3 Å². The van der Waals surface area contributed by atoms with Gasteiger partial charge in [0.05, 0.1) is 11.5 Å². The van der Waals surface area contributed by atoms with E-state index in [4.69, 9.17) is 11.6 Å². The molecule has 0 saturated carbocycles. The van der Waals surface area contributed by atoms with Crippen LogP contribution in [0.5, 0.6) is 0 Å². The summed E-state index contributed by atoms with van der Waals surface area (Å²) in [5.41, 5.74) is 1.42. The molecule has 0 aliphatic carbocycles. The SMILES string of the molecule is Cc1nn(Cn2ccc(C(=O)Nc3nn(Cc4cccc(F)c4)cc3Cl)n2)c(C)c1[N+](=O)[O-]. The standard InChI is InChI=1S/C20H18ClFN8O3/c1-12-18(30(32)33)13(2)29(24-12)11-27-7-6-17(25-27)20(31)23-19-16(21)10-28(26-19)9-14-4-3-5-15(22)8-14/h3-8,10H,9,11H2,1-2H3,(H,23,26,31). The average Bonchev–Trinajstić information content (AvgIpc) is 3.41. The number of nitro groups is 1. The number of halogens is 2. The van der Waals surface area contributed by atoms with Crippen molar-refractivity contribution in [1.29, 1.82) is 0 Å². The summed E-state index contributed by atoms with van der Waals surface area (Å²) in [5, 5.41) is 26.6. The first-order chi connectivity index (χ1) is 15.7. The van der Waals surface area contributed by atoms with Crippen molar-refractivity contribution in [2.75, 3.05) is 5.32 Å². The van der Waals surface area contributed by atoms with Gasteiger partial charge in [-0.1, -0.05) is 23.7 Å². The molecule has 1 N–H and O–H groups in total. The van der Waals surface area contributed by atoms with Gasteiger partial charge in [0, 0.05) is 12.4 Å². The van der Waals surface area contributed by atoms with E-state index in [1.54, 1.807) is 32.2 Å². The quantitative estimate of drug-likeness (QED) is 0.324. The normalized spacial score (nSPS) is 11.0. The van der Waals surface area contributed by atoms with E-state index in [0.717, 1.165) is 0 Å². The Labute approximate surface area is 191 Å². The van der Waals surface area contributed by atoms with E-state index in [-0.39, 0.29) is 41.3 Å². The van der Waals surface area contributed by atoms with Crippen LogP contribution in [0.2, 0.25) is 5.02 Å². The predicted octanol–water partition coefficient (Wildman–Crippen LogP) is 3.40. The van der Waals surface area contributed by atoms with E-state index in [1.807, 2.05) is 0 Å². The highest BCUT2D eigenvalue weighted by atomic mass is 35.5. The maximum Gasteiger partial charge on any atom is 0.312 e. The highest BCUT2D eigenvalue weighted by molar-refractivity contribution is 6.33. The van der Waals surface area contributed by atoms with E-state index >= 15 is 0 Å². The van der Waals surface area contributed by atoms with E-state index < -0.39 is 10.8 Å². The summed E-state index contributed by atoms with van der Waals surface area (Å²) in [6, 6.07) is 7.57. The third kappa shape index (κ3) is 4.75. The van der Waals surface area contributed by atoms with Gasteiger partial charge in [0.2, 0.25) is 0 Å². The molecule has 4 aromatic rings. The Bertz CT molecular complexity index is 1360. The third-order valence-electron chi connectivity index (χ3n) is 4.86. The number of anilines is 1. The molecule has 0 bridgehead atoms. The van der Waals surface area contributed by atoms with Gasteiger partial charge in [0.25, 0.3) is 5.91 Å². The number of hydrogen-bond donors (Lipinski definition) is 1. The highest BCUT2D eigenvalue weighted by Gasteiger charge is 2.22. The summed E-state index contributed by atoms with van der Waals surface area (Å²) in [6.07, 6.45) is 3.08. The third-order valence-corrected chi connectivity index (χ3v) is 5.14. The summed E-state index contributed by atoms with van der Waals surface area (Å²) >= 11 is 6.18. The van der Waals surface area contributed by atoms with Crippen molar-refractivity contribution in [3.8, 4) is 0 Å². The van der Waals surface area contributed by atoms with Crippen LogP contribution in [0.15, 0.2) is 42.7 Å². The second-order valence-electron chi connectivity index (χ2n) is 7.27. The summed E-state index contributed by atoms with van der Waals surface area (Å²) in [5.74, 6) is -0.752. The number of hydrogen-bond acceptors (Lipinski definition) is 6. The minimum atomic E-state index is -0.536. The highest BCUT2D eigenvalue weighted by Crippen LogP contribution is 2.22. The molecule has 0 aliphatic heterocycles. The Kier molecular flexibility index (Phi) is 5.92. The number of benzene rings is 1. The number of amides is 1. The van der Waals surface area contributed by atoms with E-state index in [1.165, 1.54) is 38.4 Å². The Morgan fingerprint density at radius 3 is 2.70 bits per heavy atom. The van der Waals surface area contributed by atoms with Gasteiger partial charge in [-0.25, -0.2) is 9.07 Å². The first-order valence-corrected chi connectivity index (χ1v) is 10.1. The van der Waals surface area contributed by atoms with Crippen LogP contribution in [0.3, 0.4) is 0 Å². The Hall–Kier alpha value is -4.06. The monoisotopic (exact) mass is 472 g/mol. The Morgan fingerprint density at radius 2 is 2.00 bits per heavy atom. The second-order valence-corrected chi connectivity index (χ2v) is 7.67. The van der Waals surface area contributed by atoms with Crippen molar-refractivity contribution >= 4 is 29.0 Å². The molecule has 11 nitrogen and oxygen atoms in total. The molecule has 0 aliphatic rings. The van der Waals surface area contributed by atoms with Crippen LogP contribution >= 0.6 is 11.6 Å². The molecule has 0 radical (unpaired) electrons. The Balaban J connectivity index is 1.45. The molecule has 13 heteroatoms. The fourth-order valence-electron chi connectivity index (χ4n) is 3.34. The van der Waals surface area contributed by atoms with E-state index in [9.17, 15) is 19.3 Å². The van der Waals surface area contributed by atoms with Crippen LogP contribution < -0.4 is 5.32 Å². The fourth-order valence-corrected chi connectivity index (χ4v) is 3.54. The number of rotatable bonds is 7. The lowest BCUT2D eigenvalue weighted by Crippen LogP contribution is -2.16. The molecule has 0 saturated heterocycles. The van der Waals surface area contributed by atoms with Crippen molar-refractivity contribution in [2.45, 2.75) is 27.1 Å². The largest absolute Gasteiger partial charge is 0.312 e. The second kappa shape index (κ2) is 8.82. The molecule has 3 heterocycles. The van der Waals surface area contributed by atoms with Crippen molar-refractivity contribution in [1.82, 2.24) is 29.3 Å². The van der Waals surface area contributed by atoms with Gasteiger partial charge in [-0.15, -0.1) is 0 Å². The molecule has 170 valence electrons. The molecule has 1 aromatic carbocycles. The van der Waals surface area contributed by atoms with Crippen molar-refractivity contribution < 1.29 is 14.1 Å². The zero-order valence-electron chi connectivity index (χ0n) is 17.6. The van der Waals surface area contributed by atoms with Gasteiger partial charge in [-0.2, -0.15) is 15.3 Å². The summed E-state index contributed by atoms with van der Waals surface area (Å²) in [7, 11) is 0. The summed E-state index contributed by atoms with van der Waals surface area (Å²) in [4.78, 5) is 23.3. The van der Waals surface area contributed by atoms with Crippen LogP contribution in [0.25, 0.3) is 0 Å². The van der Waals surface area contributed by atoms with Crippen LogP contribution in [0, 0.1) is 29.8 Å². The van der Waals surface area contributed by atoms with E-state index in [0.29, 0.717) is 17.0 Å². The van der Waals surface area contributed by atoms with Crippen molar-refractivity contribution in [2.24, 2.45) is 0 Å². The lowest BCUT2D eigenvalue weighted by molar-refractivity contribution is -0.386. The van der Waals surface area contributed by atoms with Gasteiger partial charge < -0.3 is 5.32 Å². The summed E-state index contributed by atoms with van der Waals surface area (Å²) in [6.45, 7) is 3.52. The minimum Gasteiger partial charge on any atom is -0.302 e. The molecule has 0 spiro atoms. The molecule has 0 atom stereocenters. The number of nitrogens with zero attached hydrogens (tertiary/aromatic N) is 7. The molecule has 0 fully saturated rings. The average molecular weight is 473 g/mol. The predicted molar refractivity (Wildman–Crippen MR) is 117 cm³/mol.